The monoisotopic (exact) mass is 321 g/mol. The smallest absolute Gasteiger partial charge is 0.271 e. The molecule has 0 aliphatic heterocycles. The number of hydrogen-bond donors (Lipinski definition) is 1. The Bertz CT molecular complexity index is 796. The van der Waals surface area contributed by atoms with E-state index >= 15 is 0 Å². The van der Waals surface area contributed by atoms with Gasteiger partial charge in [-0.1, -0.05) is 30.3 Å². The van der Waals surface area contributed by atoms with Gasteiger partial charge in [0.05, 0.1) is 0 Å². The Labute approximate surface area is 140 Å². The maximum Gasteiger partial charge on any atom is 0.271 e. The Morgan fingerprint density at radius 3 is 2.62 bits per heavy atom. The van der Waals surface area contributed by atoms with E-state index in [1.54, 1.807) is 18.3 Å². The summed E-state index contributed by atoms with van der Waals surface area (Å²) in [6, 6.07) is 13.7. The van der Waals surface area contributed by atoms with Gasteiger partial charge in [0.1, 0.15) is 5.82 Å². The van der Waals surface area contributed by atoms with Crippen LogP contribution in [-0.4, -0.2) is 32.2 Å². The van der Waals surface area contributed by atoms with Gasteiger partial charge in [-0.15, -0.1) is 10.2 Å². The molecular formula is C18H19N5O. The molecule has 1 N–H and O–H groups in total. The van der Waals surface area contributed by atoms with Gasteiger partial charge in [0, 0.05) is 18.9 Å². The fraction of sp³-hybridized carbons (Fsp3) is 0.222. The lowest BCUT2D eigenvalue weighted by Crippen LogP contribution is -2.26. The zero-order chi connectivity index (χ0) is 16.8. The highest BCUT2D eigenvalue weighted by Gasteiger charge is 2.09. The molecule has 0 aliphatic carbocycles. The van der Waals surface area contributed by atoms with E-state index in [4.69, 9.17) is 0 Å². The first-order chi connectivity index (χ1) is 11.7. The predicted molar refractivity (Wildman–Crippen MR) is 91.0 cm³/mol. The summed E-state index contributed by atoms with van der Waals surface area (Å²) in [4.78, 5) is 16.2. The van der Waals surface area contributed by atoms with Crippen molar-refractivity contribution in [3.05, 3.63) is 71.9 Å². The number of amides is 1. The summed E-state index contributed by atoms with van der Waals surface area (Å²) in [5, 5.41) is 11.0. The molecule has 1 aromatic carbocycles. The van der Waals surface area contributed by atoms with Crippen molar-refractivity contribution in [3.8, 4) is 5.82 Å². The van der Waals surface area contributed by atoms with Crippen molar-refractivity contribution in [2.45, 2.75) is 19.8 Å². The Kier molecular flexibility index (Phi) is 4.96. The first kappa shape index (κ1) is 15.9. The normalized spacial score (nSPS) is 10.5. The van der Waals surface area contributed by atoms with Gasteiger partial charge >= 0.3 is 0 Å². The van der Waals surface area contributed by atoms with Crippen molar-refractivity contribution in [1.29, 1.82) is 0 Å². The highest BCUT2D eigenvalue weighted by molar-refractivity contribution is 5.92. The van der Waals surface area contributed by atoms with Crippen molar-refractivity contribution in [2.75, 3.05) is 6.54 Å². The van der Waals surface area contributed by atoms with Crippen molar-refractivity contribution in [3.63, 3.8) is 0 Å². The quantitative estimate of drug-likeness (QED) is 0.707. The summed E-state index contributed by atoms with van der Waals surface area (Å²) in [5.41, 5.74) is 1.59. The van der Waals surface area contributed by atoms with E-state index < -0.39 is 0 Å². The van der Waals surface area contributed by atoms with E-state index in [2.05, 4.69) is 32.6 Å². The molecular weight excluding hydrogens is 302 g/mol. The summed E-state index contributed by atoms with van der Waals surface area (Å²) in [5.74, 6) is 1.26. The highest BCUT2D eigenvalue weighted by atomic mass is 16.1. The largest absolute Gasteiger partial charge is 0.351 e. The van der Waals surface area contributed by atoms with Gasteiger partial charge in [-0.3, -0.25) is 9.36 Å². The van der Waals surface area contributed by atoms with Crippen LogP contribution < -0.4 is 5.32 Å². The molecule has 0 spiro atoms. The zero-order valence-corrected chi connectivity index (χ0v) is 13.5. The number of imidazole rings is 1. The van der Waals surface area contributed by atoms with Crippen molar-refractivity contribution in [1.82, 2.24) is 25.1 Å². The van der Waals surface area contributed by atoms with E-state index in [1.165, 1.54) is 5.56 Å². The van der Waals surface area contributed by atoms with Gasteiger partial charge in [-0.05, 0) is 37.5 Å². The molecule has 0 fully saturated rings. The van der Waals surface area contributed by atoms with E-state index in [0.717, 1.165) is 18.7 Å². The fourth-order valence-corrected chi connectivity index (χ4v) is 2.42. The molecule has 6 heteroatoms. The number of nitrogens with one attached hydrogen (secondary N) is 1. The molecule has 0 unspecified atom stereocenters. The van der Waals surface area contributed by atoms with Crippen LogP contribution in [0.4, 0.5) is 0 Å². The lowest BCUT2D eigenvalue weighted by atomic mass is 10.1. The third-order valence-corrected chi connectivity index (χ3v) is 3.73. The molecule has 0 atom stereocenters. The number of rotatable bonds is 6. The van der Waals surface area contributed by atoms with Crippen LogP contribution in [0.3, 0.4) is 0 Å². The van der Waals surface area contributed by atoms with Crippen LogP contribution in [0.15, 0.2) is 54.9 Å². The minimum atomic E-state index is -0.204. The molecule has 0 bridgehead atoms. The maximum absolute atomic E-state index is 12.1. The molecule has 1 amide bonds. The molecule has 0 saturated carbocycles. The third-order valence-electron chi connectivity index (χ3n) is 3.73. The first-order valence-electron chi connectivity index (χ1n) is 7.90. The Hall–Kier alpha value is -3.02. The lowest BCUT2D eigenvalue weighted by Gasteiger charge is -2.06. The Morgan fingerprint density at radius 2 is 1.96 bits per heavy atom. The van der Waals surface area contributed by atoms with E-state index in [0.29, 0.717) is 18.1 Å². The molecule has 122 valence electrons. The molecule has 0 radical (unpaired) electrons. The highest BCUT2D eigenvalue weighted by Crippen LogP contribution is 2.06. The Balaban J connectivity index is 1.51. The van der Waals surface area contributed by atoms with Crippen LogP contribution in [0, 0.1) is 6.92 Å². The number of benzene rings is 1. The second-order valence-electron chi connectivity index (χ2n) is 5.47. The van der Waals surface area contributed by atoms with E-state index in [-0.39, 0.29) is 5.91 Å². The average molecular weight is 321 g/mol. The summed E-state index contributed by atoms with van der Waals surface area (Å²) in [6.07, 6.45) is 5.33. The van der Waals surface area contributed by atoms with Gasteiger partial charge in [-0.2, -0.15) is 0 Å². The van der Waals surface area contributed by atoms with Crippen LogP contribution in [0.1, 0.15) is 28.3 Å². The van der Waals surface area contributed by atoms with Crippen LogP contribution in [-0.2, 0) is 6.42 Å². The number of carbonyl (C=O) groups excluding carboxylic acids is 1. The van der Waals surface area contributed by atoms with Crippen LogP contribution >= 0.6 is 0 Å². The van der Waals surface area contributed by atoms with Gasteiger partial charge in [0.2, 0.25) is 0 Å². The van der Waals surface area contributed by atoms with Crippen LogP contribution in [0.2, 0.25) is 0 Å². The van der Waals surface area contributed by atoms with Gasteiger partial charge in [-0.25, -0.2) is 4.98 Å². The fourth-order valence-electron chi connectivity index (χ4n) is 2.42. The van der Waals surface area contributed by atoms with Crippen molar-refractivity contribution >= 4 is 5.91 Å². The minimum Gasteiger partial charge on any atom is -0.351 e. The molecule has 3 rings (SSSR count). The van der Waals surface area contributed by atoms with Crippen molar-refractivity contribution < 1.29 is 4.79 Å². The molecule has 3 aromatic rings. The summed E-state index contributed by atoms with van der Waals surface area (Å²) < 4.78 is 1.81. The standard InChI is InChI=1S/C18H19N5O/c1-14-19-12-13-23(14)17-10-9-16(21-22-17)18(24)20-11-5-8-15-6-3-2-4-7-15/h2-4,6-7,9-10,12-13H,5,8,11H2,1H3,(H,20,24). The van der Waals surface area contributed by atoms with Crippen LogP contribution in [0.5, 0.6) is 0 Å². The van der Waals surface area contributed by atoms with E-state index in [1.807, 2.05) is 35.9 Å². The zero-order valence-electron chi connectivity index (χ0n) is 13.5. The Morgan fingerprint density at radius 1 is 1.12 bits per heavy atom. The molecule has 2 aromatic heterocycles. The van der Waals surface area contributed by atoms with Gasteiger partial charge in [0.15, 0.2) is 11.5 Å². The molecule has 2 heterocycles. The lowest BCUT2D eigenvalue weighted by molar-refractivity contribution is 0.0947. The summed E-state index contributed by atoms with van der Waals surface area (Å²) in [7, 11) is 0. The van der Waals surface area contributed by atoms with Gasteiger partial charge in [0.25, 0.3) is 5.91 Å². The average Bonchev–Trinajstić information content (AvgIpc) is 3.05. The van der Waals surface area contributed by atoms with Crippen LogP contribution in [0.25, 0.3) is 5.82 Å². The second-order valence-corrected chi connectivity index (χ2v) is 5.47. The molecule has 24 heavy (non-hydrogen) atoms. The summed E-state index contributed by atoms with van der Waals surface area (Å²) in [6.45, 7) is 2.49. The number of hydrogen-bond acceptors (Lipinski definition) is 4. The molecule has 6 nitrogen and oxygen atoms in total. The number of carbonyl (C=O) groups is 1. The minimum absolute atomic E-state index is 0.204. The van der Waals surface area contributed by atoms with Gasteiger partial charge < -0.3 is 5.32 Å². The third kappa shape index (κ3) is 3.84. The second kappa shape index (κ2) is 7.50. The van der Waals surface area contributed by atoms with E-state index in [9.17, 15) is 4.79 Å². The first-order valence-corrected chi connectivity index (χ1v) is 7.90. The molecule has 0 saturated heterocycles. The number of aryl methyl sites for hydroxylation is 2. The predicted octanol–water partition coefficient (Wildman–Crippen LogP) is 2.33. The SMILES string of the molecule is Cc1nccn1-c1ccc(C(=O)NCCCc2ccccc2)nn1. The van der Waals surface area contributed by atoms with Crippen molar-refractivity contribution in [2.24, 2.45) is 0 Å². The number of aromatic nitrogens is 4. The topological polar surface area (TPSA) is 72.7 Å². The summed E-state index contributed by atoms with van der Waals surface area (Å²) >= 11 is 0. The number of nitrogens with zero attached hydrogens (tertiary/aromatic N) is 4. The molecule has 0 aliphatic rings. The maximum atomic E-state index is 12.1.